The zero-order chi connectivity index (χ0) is 31.6. The van der Waals surface area contributed by atoms with E-state index in [1.165, 1.54) is 5.56 Å². The lowest BCUT2D eigenvalue weighted by Gasteiger charge is -2.16. The van der Waals surface area contributed by atoms with Gasteiger partial charge >= 0.3 is 0 Å². The van der Waals surface area contributed by atoms with Crippen molar-refractivity contribution in [3.05, 3.63) is 158 Å². The molecule has 10 aromatic rings. The number of benzene rings is 6. The molecule has 0 aliphatic heterocycles. The van der Waals surface area contributed by atoms with Gasteiger partial charge in [0.05, 0.1) is 39.0 Å². The topological polar surface area (TPSA) is 51.6 Å². The molecule has 10 rings (SSSR count). The third-order valence-electron chi connectivity index (χ3n) is 9.48. The summed E-state index contributed by atoms with van der Waals surface area (Å²) in [5, 5.41) is 7.75. The fraction of sp³-hybridized carbons (Fsp3) is 0. The van der Waals surface area contributed by atoms with Crippen LogP contribution in [0.3, 0.4) is 0 Å². The molecule has 4 heteroatoms. The van der Waals surface area contributed by atoms with Crippen LogP contribution in [0.1, 0.15) is 0 Å². The Balaban J connectivity index is 1.22. The summed E-state index contributed by atoms with van der Waals surface area (Å²) in [5.41, 5.74) is 11.0. The van der Waals surface area contributed by atoms with Crippen LogP contribution in [-0.4, -0.2) is 19.9 Å². The van der Waals surface area contributed by atoms with Gasteiger partial charge in [-0.15, -0.1) is 0 Å². The fourth-order valence-electron chi connectivity index (χ4n) is 7.21. The minimum Gasteiger partial charge on any atom is -0.254 e. The van der Waals surface area contributed by atoms with Gasteiger partial charge < -0.3 is 0 Å². The third-order valence-corrected chi connectivity index (χ3v) is 9.48. The molecule has 0 spiro atoms. The van der Waals surface area contributed by atoms with Crippen molar-refractivity contribution in [2.24, 2.45) is 0 Å². The Kier molecular flexibility index (Phi) is 5.84. The lowest BCUT2D eigenvalue weighted by atomic mass is 9.89. The third kappa shape index (κ3) is 4.10. The van der Waals surface area contributed by atoms with Crippen molar-refractivity contribution in [3.63, 3.8) is 0 Å². The highest BCUT2D eigenvalue weighted by molar-refractivity contribution is 6.20. The van der Waals surface area contributed by atoms with E-state index in [0.29, 0.717) is 0 Å². The summed E-state index contributed by atoms with van der Waals surface area (Å²) >= 11 is 0. The molecule has 6 aromatic carbocycles. The number of rotatable bonds is 3. The quantitative estimate of drug-likeness (QED) is 0.147. The number of nitrogens with zero attached hydrogens (tertiary/aromatic N) is 4. The fourth-order valence-corrected chi connectivity index (χ4v) is 7.21. The largest absolute Gasteiger partial charge is 0.254 e. The van der Waals surface area contributed by atoms with Crippen molar-refractivity contribution in [2.75, 3.05) is 0 Å². The summed E-state index contributed by atoms with van der Waals surface area (Å²) in [4.78, 5) is 20.3. The molecule has 0 saturated carbocycles. The van der Waals surface area contributed by atoms with Crippen molar-refractivity contribution in [2.45, 2.75) is 0 Å². The molecule has 4 heterocycles. The predicted octanol–water partition coefficient (Wildman–Crippen LogP) is 11.2. The summed E-state index contributed by atoms with van der Waals surface area (Å²) in [7, 11) is 0. The Morgan fingerprint density at radius 2 is 0.938 bits per heavy atom. The maximum Gasteiger partial charge on any atom is 0.0978 e. The molecule has 0 N–H and O–H groups in total. The summed E-state index contributed by atoms with van der Waals surface area (Å²) < 4.78 is 0. The highest BCUT2D eigenvalue weighted by atomic mass is 14.8. The number of para-hydroxylation sites is 1. The van der Waals surface area contributed by atoms with Gasteiger partial charge in [-0.1, -0.05) is 127 Å². The van der Waals surface area contributed by atoms with E-state index in [2.05, 4.69) is 127 Å². The molecule has 48 heavy (non-hydrogen) atoms. The molecule has 0 atom stereocenters. The van der Waals surface area contributed by atoms with Crippen molar-refractivity contribution >= 4 is 65.3 Å². The van der Waals surface area contributed by atoms with Crippen molar-refractivity contribution in [1.82, 2.24) is 19.9 Å². The number of hydrogen-bond acceptors (Lipinski definition) is 4. The average molecular weight is 611 g/mol. The first-order chi connectivity index (χ1) is 23.8. The van der Waals surface area contributed by atoms with Crippen LogP contribution in [0.5, 0.6) is 0 Å². The molecule has 0 radical (unpaired) electrons. The monoisotopic (exact) mass is 610 g/mol. The van der Waals surface area contributed by atoms with Crippen LogP contribution in [0.2, 0.25) is 0 Å². The summed E-state index contributed by atoms with van der Waals surface area (Å²) in [6.45, 7) is 0. The van der Waals surface area contributed by atoms with Crippen molar-refractivity contribution in [1.29, 1.82) is 0 Å². The Morgan fingerprint density at radius 1 is 0.333 bits per heavy atom. The minimum absolute atomic E-state index is 0.904. The molecule has 0 aliphatic rings. The van der Waals surface area contributed by atoms with Gasteiger partial charge in [-0.2, -0.15) is 0 Å². The second-order valence-electron chi connectivity index (χ2n) is 12.2. The predicted molar refractivity (Wildman–Crippen MR) is 199 cm³/mol. The highest BCUT2D eigenvalue weighted by Gasteiger charge is 2.18. The smallest absolute Gasteiger partial charge is 0.0978 e. The van der Waals surface area contributed by atoms with Gasteiger partial charge in [-0.05, 0) is 40.6 Å². The van der Waals surface area contributed by atoms with E-state index in [0.717, 1.165) is 93.4 Å². The highest BCUT2D eigenvalue weighted by Crippen LogP contribution is 2.42. The maximum absolute atomic E-state index is 5.31. The molecular formula is C44H26N4. The van der Waals surface area contributed by atoms with Crippen LogP contribution in [-0.2, 0) is 0 Å². The van der Waals surface area contributed by atoms with Crippen molar-refractivity contribution in [3.8, 4) is 33.6 Å². The second kappa shape index (κ2) is 10.5. The minimum atomic E-state index is 0.904. The number of aromatic nitrogens is 4. The first-order valence-corrected chi connectivity index (χ1v) is 16.1. The molecule has 0 fully saturated rings. The molecule has 0 bridgehead atoms. The summed E-state index contributed by atoms with van der Waals surface area (Å²) in [6, 6.07) is 53.1. The van der Waals surface area contributed by atoms with Crippen LogP contribution < -0.4 is 0 Å². The van der Waals surface area contributed by atoms with E-state index >= 15 is 0 Å². The number of fused-ring (bicyclic) bond motifs is 8. The normalized spacial score (nSPS) is 11.8. The van der Waals surface area contributed by atoms with Gasteiger partial charge in [0.1, 0.15) is 0 Å². The molecule has 4 aromatic heterocycles. The molecule has 0 aliphatic carbocycles. The van der Waals surface area contributed by atoms with Gasteiger partial charge in [0.15, 0.2) is 0 Å². The zero-order valence-electron chi connectivity index (χ0n) is 25.8. The molecule has 0 amide bonds. The van der Waals surface area contributed by atoms with E-state index in [1.807, 2.05) is 30.5 Å². The Morgan fingerprint density at radius 3 is 1.75 bits per heavy atom. The maximum atomic E-state index is 5.31. The summed E-state index contributed by atoms with van der Waals surface area (Å²) in [6.07, 6.45) is 1.85. The summed E-state index contributed by atoms with van der Waals surface area (Å²) in [5.74, 6) is 0. The van der Waals surface area contributed by atoms with Gasteiger partial charge in [-0.3, -0.25) is 4.98 Å². The van der Waals surface area contributed by atoms with Gasteiger partial charge in [-0.25, -0.2) is 15.0 Å². The van der Waals surface area contributed by atoms with Gasteiger partial charge in [0.2, 0.25) is 0 Å². The first-order valence-electron chi connectivity index (χ1n) is 16.1. The molecular weight excluding hydrogens is 585 g/mol. The molecule has 222 valence electrons. The standard InChI is InChI=1S/C44H26N4/c1-2-9-27(10-3-1)37-24-19-29-16-17-30-20-25-39(47-43(30)42(29)46-37)33-22-23-34(32-13-5-4-12-31(32)33)40-35-14-6-7-15-38(35)48-44-36(40)21-18-28-11-8-26-45-41(28)44/h1-26H. The van der Waals surface area contributed by atoms with Crippen LogP contribution in [0.15, 0.2) is 158 Å². The SMILES string of the molecule is c1ccc(-c2ccc3ccc4ccc(-c5ccc(-c6c7ccccc7nc7c6ccc6cccnc67)c6ccccc56)nc4c3n2)cc1. The van der Waals surface area contributed by atoms with Gasteiger partial charge in [0, 0.05) is 49.8 Å². The number of hydrogen-bond donors (Lipinski definition) is 0. The Bertz CT molecular complexity index is 2900. The van der Waals surface area contributed by atoms with Crippen molar-refractivity contribution < 1.29 is 0 Å². The van der Waals surface area contributed by atoms with E-state index in [4.69, 9.17) is 19.9 Å². The molecule has 0 saturated heterocycles. The van der Waals surface area contributed by atoms with Crippen LogP contribution in [0.4, 0.5) is 0 Å². The Hall–Kier alpha value is -6.52. The molecule has 4 nitrogen and oxygen atoms in total. The van der Waals surface area contributed by atoms with Gasteiger partial charge in [0.25, 0.3) is 0 Å². The zero-order valence-corrected chi connectivity index (χ0v) is 25.8. The van der Waals surface area contributed by atoms with E-state index < -0.39 is 0 Å². The lowest BCUT2D eigenvalue weighted by molar-refractivity contribution is 1.37. The lowest BCUT2D eigenvalue weighted by Crippen LogP contribution is -1.94. The van der Waals surface area contributed by atoms with Crippen LogP contribution in [0.25, 0.3) is 98.9 Å². The van der Waals surface area contributed by atoms with E-state index in [1.54, 1.807) is 0 Å². The average Bonchev–Trinajstić information content (AvgIpc) is 3.16. The second-order valence-corrected chi connectivity index (χ2v) is 12.2. The first kappa shape index (κ1) is 26.7. The molecule has 0 unspecified atom stereocenters. The van der Waals surface area contributed by atoms with Crippen LogP contribution in [0, 0.1) is 0 Å². The number of pyridine rings is 4. The van der Waals surface area contributed by atoms with E-state index in [9.17, 15) is 0 Å². The van der Waals surface area contributed by atoms with Crippen LogP contribution >= 0.6 is 0 Å². The van der Waals surface area contributed by atoms with E-state index in [-0.39, 0.29) is 0 Å². The Labute approximate surface area is 276 Å².